The number of aromatic nitrogens is 8. The van der Waals surface area contributed by atoms with Gasteiger partial charge in [0.25, 0.3) is 30.4 Å². The number of para-hydroxylation sites is 4. The third-order valence-corrected chi connectivity index (χ3v) is 21.5. The van der Waals surface area contributed by atoms with Gasteiger partial charge in [0.15, 0.2) is 0 Å². The quantitative estimate of drug-likeness (QED) is 0.0422. The average molecular weight is 1860 g/mol. The SMILES string of the molecule is CC.CC.CC.CC.NC(=O)c1cc2c3c(cccc3c1)-c1nc3ccccc3nc1-2.O=CN=c1ccc2nc3c4cc(S(=O)(=O)O)cc5cccc(c3[nH]c2c1)c54.O=S(=O)=O.O=S(=O)=O.O=S(=O)=O.O=S([O-])N=c1ccc2nc3c4cc(S(=O)(=O)O)cc5cccc(c3[nH]c2c1)c54.O=S([O-])Nc1cc2c3c(cc(S(=O)(=O)O)cc3c1)-c1nc3ccccc3nc1-2. The molecule has 4 heterocycles. The van der Waals surface area contributed by atoms with Crippen molar-refractivity contribution in [1.82, 2.24) is 39.9 Å². The van der Waals surface area contributed by atoms with E-state index in [4.69, 9.17) is 53.6 Å². The van der Waals surface area contributed by atoms with Crippen LogP contribution in [-0.2, 0) is 89.5 Å². The summed E-state index contributed by atoms with van der Waals surface area (Å²) in [6, 6.07) is 57.1. The highest BCUT2D eigenvalue weighted by Crippen LogP contribution is 2.50. The Bertz CT molecular complexity index is 8330. The molecule has 14 aromatic carbocycles. The number of carbonyl (C=O) groups is 2. The molecule has 0 fully saturated rings. The molecule has 648 valence electrons. The Kier molecular flexibility index (Phi) is 30.0. The summed E-state index contributed by atoms with van der Waals surface area (Å²) < 4.78 is 224. The molecule has 2 aliphatic carbocycles. The topological polar surface area (TPSA) is 603 Å². The first-order chi connectivity index (χ1) is 60.0. The standard InChI is InChI=1S/C19H11N3O4S.C19H11N3O.2C18H11N3O5S2.4C2H6.3O3S/c23-9-20-11-4-5-15-16(7-11)22-18-13-3-1-2-10-6-12(27(24,25)26)8-14(17(10)13)19(18)21-15;20-19(23)11-8-10-4-3-5-12-16(10)13(9-11)18-17(12)21-14-6-1-2-7-15(14)22-18;22-27(23)21-10-4-5-14-15(7-10)20-17-12-3-1-2-9-6-11(28(24,25)26)8-13(16(9)12)18(17)19-14;22-27(23)21-10-5-9-6-11(28(24,25)26)8-13-16(9)12(7-10)17-18(13)20-15-4-2-1-3-14(15)19-17;4*1-2;3*1-4(2)3/h1-9,22H,(H,24,25,26);1-9H,(H2,20,23);1-8,20H,(H,22,23)(H,24,25,26);1-8,21H,(H,22,23)(H,24,25,26);4*1-2H3;;;/p-2. The molecule has 0 radical (unpaired) electrons. The van der Waals surface area contributed by atoms with Gasteiger partial charge in [-0.3, -0.25) is 31.7 Å². The Morgan fingerprint density at radius 1 is 0.397 bits per heavy atom. The molecule has 2 unspecified atom stereocenters. The van der Waals surface area contributed by atoms with Crippen LogP contribution >= 0.6 is 0 Å². The highest BCUT2D eigenvalue weighted by molar-refractivity contribution is 7.86. The number of benzene rings is 12. The lowest BCUT2D eigenvalue weighted by Crippen LogP contribution is -2.10. The largest absolute Gasteiger partial charge is 0.755 e. The lowest BCUT2D eigenvalue weighted by atomic mass is 10.0. The molecule has 36 nitrogen and oxygen atoms in total. The van der Waals surface area contributed by atoms with Crippen molar-refractivity contribution < 1.29 is 104 Å². The Morgan fingerprint density at radius 2 is 0.762 bits per heavy atom. The summed E-state index contributed by atoms with van der Waals surface area (Å²) in [6.45, 7) is 16.0. The number of nitrogens with zero attached hydrogens (tertiary/aromatic N) is 8. The van der Waals surface area contributed by atoms with E-state index in [1.54, 1.807) is 66.7 Å². The van der Waals surface area contributed by atoms with E-state index in [2.05, 4.69) is 44.0 Å². The fourth-order valence-corrected chi connectivity index (χ4v) is 16.2. The second-order valence-corrected chi connectivity index (χ2v) is 32.0. The molecular formula is C82H66N12O24S8-2. The molecule has 126 heavy (non-hydrogen) atoms. The molecule has 18 aromatic rings. The average Bonchev–Trinajstić information content (AvgIpc) is 1.59. The molecule has 0 saturated carbocycles. The van der Waals surface area contributed by atoms with Gasteiger partial charge in [-0.1, -0.05) is 134 Å². The van der Waals surface area contributed by atoms with Gasteiger partial charge in [0.1, 0.15) is 0 Å². The summed E-state index contributed by atoms with van der Waals surface area (Å²) in [5.41, 5.74) is 20.1. The number of rotatable bonds is 8. The number of hydrogen-bond acceptors (Lipinski definition) is 27. The fraction of sp³-hybridized carbons (Fsp3) is 0.0976. The van der Waals surface area contributed by atoms with Crippen molar-refractivity contribution in [2.24, 2.45) is 15.1 Å². The van der Waals surface area contributed by atoms with Crippen molar-refractivity contribution in [1.29, 1.82) is 0 Å². The molecule has 0 aliphatic heterocycles. The van der Waals surface area contributed by atoms with Crippen LogP contribution in [0.5, 0.6) is 0 Å². The summed E-state index contributed by atoms with van der Waals surface area (Å²) in [6.07, 6.45) is 0.482. The third-order valence-electron chi connectivity index (χ3n) is 18.3. The van der Waals surface area contributed by atoms with Crippen molar-refractivity contribution >= 4 is 234 Å². The summed E-state index contributed by atoms with van der Waals surface area (Å²) >= 11 is -5.12. The molecule has 2 atom stereocenters. The maximum absolute atomic E-state index is 11.8. The molecule has 0 bridgehead atoms. The van der Waals surface area contributed by atoms with E-state index < -0.39 is 90.6 Å². The van der Waals surface area contributed by atoms with E-state index in [0.29, 0.717) is 122 Å². The minimum atomic E-state index is -4.47. The maximum atomic E-state index is 11.8. The molecule has 2 aliphatic rings. The van der Waals surface area contributed by atoms with Crippen molar-refractivity contribution in [2.45, 2.75) is 70.1 Å². The Morgan fingerprint density at radius 3 is 1.17 bits per heavy atom. The number of hydrogen-bond donors (Lipinski definition) is 7. The normalized spacial score (nSPS) is 12.0. The number of nitrogens with one attached hydrogen (secondary N) is 3. The fourth-order valence-electron chi connectivity index (χ4n) is 14.0. The molecule has 8 N–H and O–H groups in total. The molecule has 0 saturated heterocycles. The number of anilines is 1. The Hall–Kier alpha value is -13.6. The smallest absolute Gasteiger partial charge is 0.425 e. The number of carbonyl (C=O) groups excluding carboxylic acids is 2. The van der Waals surface area contributed by atoms with Crippen LogP contribution in [0.25, 0.3) is 176 Å². The summed E-state index contributed by atoms with van der Waals surface area (Å²) in [5.74, 6) is -0.434. The highest BCUT2D eigenvalue weighted by atomic mass is 32.2. The molecule has 44 heteroatoms. The van der Waals surface area contributed by atoms with E-state index in [0.717, 1.165) is 71.4 Å². The van der Waals surface area contributed by atoms with Gasteiger partial charge in [0.2, 0.25) is 12.3 Å². The Labute approximate surface area is 723 Å². The van der Waals surface area contributed by atoms with Crippen molar-refractivity contribution in [3.05, 3.63) is 216 Å². The molecule has 0 spiro atoms. The first-order valence-electron chi connectivity index (χ1n) is 37.0. The number of amides is 2. The molecular weight excluding hydrogens is 1790 g/mol. The van der Waals surface area contributed by atoms with Crippen LogP contribution in [0.4, 0.5) is 5.69 Å². The first kappa shape index (κ1) is 94.6. The zero-order valence-electron chi connectivity index (χ0n) is 66.5. The van der Waals surface area contributed by atoms with Crippen LogP contribution in [-0.4, -0.2) is 147 Å². The summed E-state index contributed by atoms with van der Waals surface area (Å²) in [5, 5.41) is 10.0. The van der Waals surface area contributed by atoms with Crippen molar-refractivity contribution in [2.75, 3.05) is 4.72 Å². The van der Waals surface area contributed by atoms with Crippen LogP contribution in [0, 0.1) is 0 Å². The second kappa shape index (κ2) is 39.9. The minimum absolute atomic E-state index is 0.169. The molecule has 2 amide bonds. The van der Waals surface area contributed by atoms with Crippen molar-refractivity contribution in [3.8, 4) is 45.0 Å². The lowest BCUT2D eigenvalue weighted by Gasteiger charge is -2.11. The van der Waals surface area contributed by atoms with E-state index in [-0.39, 0.29) is 25.7 Å². The predicted molar refractivity (Wildman–Crippen MR) is 474 cm³/mol. The van der Waals surface area contributed by atoms with E-state index in [1.807, 2.05) is 140 Å². The number of H-pyrrole nitrogens is 2. The van der Waals surface area contributed by atoms with Gasteiger partial charge < -0.3 is 29.5 Å². The monoisotopic (exact) mass is 1860 g/mol. The predicted octanol–water partition coefficient (Wildman–Crippen LogP) is 12.7. The molecule has 20 rings (SSSR count). The van der Waals surface area contributed by atoms with Crippen LogP contribution in [0.1, 0.15) is 65.7 Å². The number of nitrogens with two attached hydrogens (primary N) is 1. The van der Waals surface area contributed by atoms with Crippen LogP contribution < -0.4 is 21.2 Å². The Balaban J connectivity index is 0.000000164. The van der Waals surface area contributed by atoms with Crippen LogP contribution in [0.3, 0.4) is 0 Å². The first-order valence-corrected chi connectivity index (χ1v) is 46.4. The zero-order valence-corrected chi connectivity index (χ0v) is 73.0. The second-order valence-electron chi connectivity index (χ2n) is 25.2. The van der Waals surface area contributed by atoms with Crippen LogP contribution in [0.2, 0.25) is 0 Å². The lowest BCUT2D eigenvalue weighted by molar-refractivity contribution is -0.107. The van der Waals surface area contributed by atoms with Gasteiger partial charge in [0, 0.05) is 87.9 Å². The zero-order chi connectivity index (χ0) is 92.3. The number of primary amides is 1. The maximum Gasteiger partial charge on any atom is 0.425 e. The van der Waals surface area contributed by atoms with Gasteiger partial charge in [-0.2, -0.15) is 29.7 Å². The summed E-state index contributed by atoms with van der Waals surface area (Å²) in [7, 11) is -22.5. The third kappa shape index (κ3) is 20.6. The summed E-state index contributed by atoms with van der Waals surface area (Å²) in [4.78, 5) is 60.1. The van der Waals surface area contributed by atoms with Crippen LogP contribution in [0.15, 0.2) is 224 Å². The number of aromatic amines is 2. The van der Waals surface area contributed by atoms with Gasteiger partial charge in [-0.25, -0.2) is 34.9 Å². The van der Waals surface area contributed by atoms with Gasteiger partial charge >= 0.3 is 31.8 Å². The van der Waals surface area contributed by atoms with Gasteiger partial charge in [-0.15, -0.1) is 37.9 Å². The highest BCUT2D eigenvalue weighted by Gasteiger charge is 2.30. The van der Waals surface area contributed by atoms with Crippen molar-refractivity contribution in [3.63, 3.8) is 0 Å². The van der Waals surface area contributed by atoms with E-state index in [1.165, 1.54) is 48.5 Å². The van der Waals surface area contributed by atoms with Gasteiger partial charge in [0.05, 0.1) is 126 Å². The van der Waals surface area contributed by atoms with E-state index >= 15 is 0 Å². The number of fused-ring (bicyclic) bond motifs is 16. The van der Waals surface area contributed by atoms with E-state index in [9.17, 15) is 66.0 Å². The molecule has 4 aromatic heterocycles. The minimum Gasteiger partial charge on any atom is -0.755 e. The van der Waals surface area contributed by atoms with Gasteiger partial charge in [-0.05, 0) is 143 Å².